The van der Waals surface area contributed by atoms with E-state index in [4.69, 9.17) is 0 Å². The van der Waals surface area contributed by atoms with Gasteiger partial charge in [0, 0.05) is 0 Å². The first-order valence-electron chi connectivity index (χ1n) is 4.66. The van der Waals surface area contributed by atoms with Gasteiger partial charge in [0.05, 0.1) is 14.4 Å². The smallest absolute Gasteiger partial charge is 0.265 e. The van der Waals surface area contributed by atoms with Crippen LogP contribution in [0, 0.1) is 0 Å². The summed E-state index contributed by atoms with van der Waals surface area (Å²) in [4.78, 5) is 19.8. The zero-order valence-electron chi connectivity index (χ0n) is 8.38. The number of aromatic nitrogens is 2. The van der Waals surface area contributed by atoms with Crippen molar-refractivity contribution in [2.75, 3.05) is 0 Å². The maximum Gasteiger partial charge on any atom is 0.265 e. The molecule has 84 valence electrons. The third-order valence-corrected chi connectivity index (χ3v) is 4.52. The topological polar surface area (TPSA) is 45.8 Å². The highest BCUT2D eigenvalue weighted by Gasteiger charge is 2.10. The van der Waals surface area contributed by atoms with Crippen LogP contribution in [0.5, 0.6) is 0 Å². The summed E-state index contributed by atoms with van der Waals surface area (Å²) < 4.78 is 1.54. The summed E-state index contributed by atoms with van der Waals surface area (Å²) in [7, 11) is 0. The molecule has 0 amide bonds. The number of H-pyrrole nitrogens is 1. The zero-order valence-corrected chi connectivity index (χ0v) is 12.4. The fourth-order valence-electron chi connectivity index (χ4n) is 1.30. The minimum Gasteiger partial charge on any atom is -0.305 e. The molecule has 0 spiro atoms. The molecule has 2 aromatic rings. The third kappa shape index (κ3) is 2.28. The molecule has 0 fully saturated rings. The van der Waals surface area contributed by atoms with Crippen LogP contribution >= 0.6 is 43.2 Å². The molecule has 0 aliphatic rings. The van der Waals surface area contributed by atoms with Crippen LogP contribution in [-0.2, 0) is 6.42 Å². The van der Waals surface area contributed by atoms with E-state index in [1.165, 1.54) is 0 Å². The highest BCUT2D eigenvalue weighted by atomic mass is 79.9. The molecule has 6 heteroatoms. The minimum absolute atomic E-state index is 0.133. The number of aryl methyl sites for hydroxylation is 1. The van der Waals surface area contributed by atoms with Gasteiger partial charge in [-0.1, -0.05) is 6.92 Å². The van der Waals surface area contributed by atoms with Gasteiger partial charge in [0.1, 0.15) is 4.47 Å². The summed E-state index contributed by atoms with van der Waals surface area (Å²) in [5, 5.41) is 0. The van der Waals surface area contributed by atoms with Gasteiger partial charge in [0.2, 0.25) is 0 Å². The number of aromatic amines is 1. The third-order valence-electron chi connectivity index (χ3n) is 2.07. The molecule has 16 heavy (non-hydrogen) atoms. The van der Waals surface area contributed by atoms with E-state index in [1.54, 1.807) is 11.3 Å². The van der Waals surface area contributed by atoms with E-state index in [0.717, 1.165) is 20.8 Å². The molecule has 3 nitrogen and oxygen atoms in total. The lowest BCUT2D eigenvalue weighted by Crippen LogP contribution is -2.12. The average molecular weight is 364 g/mol. The summed E-state index contributed by atoms with van der Waals surface area (Å²) in [6, 6.07) is 3.87. The van der Waals surface area contributed by atoms with Crippen LogP contribution in [0.15, 0.2) is 25.2 Å². The van der Waals surface area contributed by atoms with Crippen molar-refractivity contribution in [1.29, 1.82) is 0 Å². The Morgan fingerprint density at radius 2 is 2.19 bits per heavy atom. The molecule has 0 aliphatic carbocycles. The first-order valence-corrected chi connectivity index (χ1v) is 7.06. The Kier molecular flexibility index (Phi) is 3.61. The van der Waals surface area contributed by atoms with Crippen molar-refractivity contribution in [1.82, 2.24) is 9.97 Å². The normalized spacial score (nSPS) is 10.7. The van der Waals surface area contributed by atoms with Crippen molar-refractivity contribution in [2.24, 2.45) is 0 Å². The SMILES string of the molecule is CCc1nc(-c2ccc(Br)s2)[nH]c(=O)c1Br. The van der Waals surface area contributed by atoms with Crippen molar-refractivity contribution in [3.63, 3.8) is 0 Å². The number of halogens is 2. The van der Waals surface area contributed by atoms with Gasteiger partial charge in [-0.05, 0) is 50.4 Å². The predicted molar refractivity (Wildman–Crippen MR) is 72.9 cm³/mol. The lowest BCUT2D eigenvalue weighted by Gasteiger charge is -2.02. The number of thiophene rings is 1. The Morgan fingerprint density at radius 1 is 1.44 bits per heavy atom. The Morgan fingerprint density at radius 3 is 2.75 bits per heavy atom. The number of rotatable bonds is 2. The Labute approximate surface area is 113 Å². The Hall–Kier alpha value is -0.460. The van der Waals surface area contributed by atoms with Gasteiger partial charge in [-0.25, -0.2) is 4.98 Å². The van der Waals surface area contributed by atoms with Gasteiger partial charge >= 0.3 is 0 Å². The number of hydrogen-bond acceptors (Lipinski definition) is 3. The molecule has 0 saturated heterocycles. The van der Waals surface area contributed by atoms with Crippen LogP contribution in [0.25, 0.3) is 10.7 Å². The van der Waals surface area contributed by atoms with E-state index in [-0.39, 0.29) is 5.56 Å². The van der Waals surface area contributed by atoms with Gasteiger partial charge in [-0.15, -0.1) is 11.3 Å². The molecule has 0 saturated carbocycles. The summed E-state index contributed by atoms with van der Waals surface area (Å²) in [6.45, 7) is 1.97. The minimum atomic E-state index is -0.133. The quantitative estimate of drug-likeness (QED) is 0.886. The predicted octanol–water partition coefficient (Wildman–Crippen LogP) is 3.59. The number of nitrogens with zero attached hydrogens (tertiary/aromatic N) is 1. The molecule has 0 aromatic carbocycles. The highest BCUT2D eigenvalue weighted by molar-refractivity contribution is 9.11. The van der Waals surface area contributed by atoms with Crippen molar-refractivity contribution < 1.29 is 0 Å². The Bertz CT molecular complexity index is 576. The van der Waals surface area contributed by atoms with E-state index in [0.29, 0.717) is 10.3 Å². The van der Waals surface area contributed by atoms with Crippen molar-refractivity contribution in [3.05, 3.63) is 36.4 Å². The lowest BCUT2D eigenvalue weighted by molar-refractivity contribution is 0.973. The molecule has 0 aliphatic heterocycles. The van der Waals surface area contributed by atoms with Crippen molar-refractivity contribution >= 4 is 43.2 Å². The maximum absolute atomic E-state index is 11.7. The molecule has 2 heterocycles. The molecule has 0 atom stereocenters. The largest absolute Gasteiger partial charge is 0.305 e. The second-order valence-electron chi connectivity index (χ2n) is 3.13. The second-order valence-corrected chi connectivity index (χ2v) is 6.39. The average Bonchev–Trinajstić information content (AvgIpc) is 2.69. The van der Waals surface area contributed by atoms with Crippen molar-refractivity contribution in [3.8, 4) is 10.7 Å². The standard InChI is InChI=1S/C10H8Br2N2OS/c1-2-5-8(12)10(15)14-9(13-5)6-3-4-7(11)16-6/h3-4H,2H2,1H3,(H,13,14,15). The molecule has 2 rings (SSSR count). The first-order chi connectivity index (χ1) is 7.61. The van der Waals surface area contributed by atoms with Gasteiger partial charge in [0.25, 0.3) is 5.56 Å². The molecule has 0 unspecified atom stereocenters. The highest BCUT2D eigenvalue weighted by Crippen LogP contribution is 2.29. The lowest BCUT2D eigenvalue weighted by atomic mass is 10.3. The van der Waals surface area contributed by atoms with E-state index in [9.17, 15) is 4.79 Å². The summed E-state index contributed by atoms with van der Waals surface area (Å²) in [5.41, 5.74) is 0.648. The molecule has 0 radical (unpaired) electrons. The van der Waals surface area contributed by atoms with E-state index >= 15 is 0 Å². The molecule has 2 aromatic heterocycles. The summed E-state index contributed by atoms with van der Waals surface area (Å²) >= 11 is 8.17. The van der Waals surface area contributed by atoms with Crippen LogP contribution in [-0.4, -0.2) is 9.97 Å². The van der Waals surface area contributed by atoms with E-state index in [1.807, 2.05) is 19.1 Å². The van der Waals surface area contributed by atoms with E-state index in [2.05, 4.69) is 41.8 Å². The fourth-order valence-corrected chi connectivity index (χ4v) is 3.10. The number of nitrogens with one attached hydrogen (secondary N) is 1. The molecular weight excluding hydrogens is 356 g/mol. The van der Waals surface area contributed by atoms with Crippen LogP contribution in [0.1, 0.15) is 12.6 Å². The Balaban J connectivity index is 2.59. The van der Waals surface area contributed by atoms with Gasteiger partial charge < -0.3 is 4.98 Å². The molecular formula is C10H8Br2N2OS. The second kappa shape index (κ2) is 4.81. The monoisotopic (exact) mass is 362 g/mol. The molecule has 1 N–H and O–H groups in total. The maximum atomic E-state index is 11.7. The van der Waals surface area contributed by atoms with Crippen LogP contribution < -0.4 is 5.56 Å². The van der Waals surface area contributed by atoms with Crippen LogP contribution in [0.2, 0.25) is 0 Å². The summed E-state index contributed by atoms with van der Waals surface area (Å²) in [5.74, 6) is 0.626. The van der Waals surface area contributed by atoms with Crippen LogP contribution in [0.3, 0.4) is 0 Å². The summed E-state index contributed by atoms with van der Waals surface area (Å²) in [6.07, 6.45) is 0.726. The van der Waals surface area contributed by atoms with Gasteiger partial charge in [0.15, 0.2) is 5.82 Å². The fraction of sp³-hybridized carbons (Fsp3) is 0.200. The van der Waals surface area contributed by atoms with Gasteiger partial charge in [-0.2, -0.15) is 0 Å². The van der Waals surface area contributed by atoms with Crippen LogP contribution in [0.4, 0.5) is 0 Å². The zero-order chi connectivity index (χ0) is 11.7. The van der Waals surface area contributed by atoms with E-state index < -0.39 is 0 Å². The first kappa shape index (κ1) is 12.0. The molecule has 0 bridgehead atoms. The number of hydrogen-bond donors (Lipinski definition) is 1. The van der Waals surface area contributed by atoms with Gasteiger partial charge in [-0.3, -0.25) is 4.79 Å². The van der Waals surface area contributed by atoms with Crippen molar-refractivity contribution in [2.45, 2.75) is 13.3 Å².